The number of benzene rings is 1. The van der Waals surface area contributed by atoms with Gasteiger partial charge in [-0.25, -0.2) is 8.42 Å². The lowest BCUT2D eigenvalue weighted by atomic mass is 10.2. The van der Waals surface area contributed by atoms with Gasteiger partial charge in [0.2, 0.25) is 15.9 Å². The van der Waals surface area contributed by atoms with Crippen LogP contribution in [0.2, 0.25) is 0 Å². The van der Waals surface area contributed by atoms with Crippen LogP contribution < -0.4 is 10.1 Å². The van der Waals surface area contributed by atoms with Crippen molar-refractivity contribution in [1.82, 2.24) is 14.5 Å². The maximum absolute atomic E-state index is 12.7. The van der Waals surface area contributed by atoms with E-state index in [1.165, 1.54) is 13.1 Å². The number of fused-ring (bicyclic) bond motifs is 1. The van der Waals surface area contributed by atoms with Crippen molar-refractivity contribution in [3.05, 3.63) is 23.8 Å². The normalized spacial score (nSPS) is 17.9. The molecule has 0 unspecified atom stereocenters. The summed E-state index contributed by atoms with van der Waals surface area (Å²) in [5, 5.41) is 3.17. The Balaban J connectivity index is 1.72. The summed E-state index contributed by atoms with van der Waals surface area (Å²) in [5.41, 5.74) is 0.896. The first-order chi connectivity index (χ1) is 11.0. The zero-order valence-electron chi connectivity index (χ0n) is 13.1. The van der Waals surface area contributed by atoms with Gasteiger partial charge in [-0.2, -0.15) is 4.31 Å². The van der Waals surface area contributed by atoms with Gasteiger partial charge in [0.15, 0.2) is 0 Å². The second-order valence-electron chi connectivity index (χ2n) is 5.76. The van der Waals surface area contributed by atoms with Crippen LogP contribution in [0.5, 0.6) is 5.75 Å². The van der Waals surface area contributed by atoms with E-state index in [4.69, 9.17) is 4.74 Å². The van der Waals surface area contributed by atoms with Crippen LogP contribution in [0, 0.1) is 0 Å². The van der Waals surface area contributed by atoms with Gasteiger partial charge in [0.05, 0.1) is 18.0 Å². The van der Waals surface area contributed by atoms with Crippen LogP contribution in [0.4, 0.5) is 0 Å². The molecule has 0 aliphatic carbocycles. The molecule has 2 aliphatic heterocycles. The molecule has 1 fully saturated rings. The molecule has 1 saturated heterocycles. The molecule has 0 saturated carbocycles. The van der Waals surface area contributed by atoms with Crippen molar-refractivity contribution < 1.29 is 17.9 Å². The van der Waals surface area contributed by atoms with Crippen LogP contribution in [0.1, 0.15) is 5.56 Å². The SMILES string of the molecule is CN(CC(=O)N1CCNCC1)S(=O)(=O)c1ccc2c(c1)CCO2. The maximum atomic E-state index is 12.7. The fourth-order valence-electron chi connectivity index (χ4n) is 2.79. The maximum Gasteiger partial charge on any atom is 0.243 e. The molecule has 126 valence electrons. The van der Waals surface area contributed by atoms with Crippen molar-refractivity contribution in [2.45, 2.75) is 11.3 Å². The van der Waals surface area contributed by atoms with Gasteiger partial charge in [-0.3, -0.25) is 4.79 Å². The molecule has 1 N–H and O–H groups in total. The molecule has 8 heteroatoms. The highest BCUT2D eigenvalue weighted by molar-refractivity contribution is 7.89. The Bertz CT molecular complexity index is 699. The van der Waals surface area contributed by atoms with Crippen LogP contribution in [0.3, 0.4) is 0 Å². The van der Waals surface area contributed by atoms with Gasteiger partial charge in [0.25, 0.3) is 0 Å². The number of nitrogens with one attached hydrogen (secondary N) is 1. The van der Waals surface area contributed by atoms with E-state index in [0.29, 0.717) is 26.1 Å². The lowest BCUT2D eigenvalue weighted by Gasteiger charge is -2.29. The third-order valence-electron chi connectivity index (χ3n) is 4.20. The van der Waals surface area contributed by atoms with Crippen molar-refractivity contribution in [3.63, 3.8) is 0 Å². The highest BCUT2D eigenvalue weighted by atomic mass is 32.2. The van der Waals surface area contributed by atoms with E-state index >= 15 is 0 Å². The molecule has 23 heavy (non-hydrogen) atoms. The lowest BCUT2D eigenvalue weighted by molar-refractivity contribution is -0.131. The number of sulfonamides is 1. The van der Waals surface area contributed by atoms with E-state index in [1.54, 1.807) is 17.0 Å². The van der Waals surface area contributed by atoms with Crippen LogP contribution >= 0.6 is 0 Å². The second-order valence-corrected chi connectivity index (χ2v) is 7.80. The van der Waals surface area contributed by atoms with Gasteiger partial charge in [-0.05, 0) is 23.8 Å². The minimum Gasteiger partial charge on any atom is -0.493 e. The Morgan fingerprint density at radius 2 is 2.09 bits per heavy atom. The molecule has 1 aromatic carbocycles. The molecule has 0 atom stereocenters. The van der Waals surface area contributed by atoms with Crippen molar-refractivity contribution in [1.29, 1.82) is 0 Å². The largest absolute Gasteiger partial charge is 0.493 e. The number of rotatable bonds is 4. The standard InChI is InChI=1S/C15H21N3O4S/c1-17(11-15(19)18-7-5-16-6-8-18)23(20,21)13-2-3-14-12(10-13)4-9-22-14/h2-3,10,16H,4-9,11H2,1H3. The predicted molar refractivity (Wildman–Crippen MR) is 84.9 cm³/mol. The van der Waals surface area contributed by atoms with Crippen LogP contribution in [0.25, 0.3) is 0 Å². The summed E-state index contributed by atoms with van der Waals surface area (Å²) in [6.07, 6.45) is 0.710. The summed E-state index contributed by atoms with van der Waals surface area (Å²) in [5.74, 6) is 0.575. The monoisotopic (exact) mass is 339 g/mol. The Kier molecular flexibility index (Phi) is 4.56. The number of likely N-dealkylation sites (N-methyl/N-ethyl adjacent to an activating group) is 1. The Hall–Kier alpha value is -1.64. The molecule has 3 rings (SSSR count). The average molecular weight is 339 g/mol. The molecule has 0 radical (unpaired) electrons. The fraction of sp³-hybridized carbons (Fsp3) is 0.533. The van der Waals surface area contributed by atoms with E-state index in [1.807, 2.05) is 0 Å². The second kappa shape index (κ2) is 6.46. The molecule has 0 aromatic heterocycles. The number of hydrogen-bond acceptors (Lipinski definition) is 5. The van der Waals surface area contributed by atoms with Crippen LogP contribution in [0.15, 0.2) is 23.1 Å². The number of amides is 1. The lowest BCUT2D eigenvalue weighted by Crippen LogP contribution is -2.49. The minimum atomic E-state index is -3.68. The molecule has 0 bridgehead atoms. The van der Waals surface area contributed by atoms with Gasteiger partial charge in [0, 0.05) is 39.6 Å². The van der Waals surface area contributed by atoms with Crippen LogP contribution in [-0.4, -0.2) is 69.9 Å². The average Bonchev–Trinajstić information content (AvgIpc) is 3.03. The van der Waals surface area contributed by atoms with Gasteiger partial charge in [-0.15, -0.1) is 0 Å². The number of hydrogen-bond donors (Lipinski definition) is 1. The fourth-order valence-corrected chi connectivity index (χ4v) is 3.96. The summed E-state index contributed by atoms with van der Waals surface area (Å²) in [7, 11) is -2.24. The first-order valence-electron chi connectivity index (χ1n) is 7.69. The number of ether oxygens (including phenoxy) is 1. The first-order valence-corrected chi connectivity index (χ1v) is 9.13. The molecule has 2 heterocycles. The summed E-state index contributed by atoms with van der Waals surface area (Å²) >= 11 is 0. The summed E-state index contributed by atoms with van der Waals surface area (Å²) in [6, 6.07) is 4.86. The van der Waals surface area contributed by atoms with E-state index in [0.717, 1.165) is 28.7 Å². The van der Waals surface area contributed by atoms with Crippen molar-refractivity contribution >= 4 is 15.9 Å². The summed E-state index contributed by atoms with van der Waals surface area (Å²) < 4.78 is 31.8. The zero-order chi connectivity index (χ0) is 16.4. The van der Waals surface area contributed by atoms with E-state index in [9.17, 15) is 13.2 Å². The third-order valence-corrected chi connectivity index (χ3v) is 6.00. The highest BCUT2D eigenvalue weighted by Gasteiger charge is 2.27. The molecular formula is C15H21N3O4S. The molecule has 7 nitrogen and oxygen atoms in total. The molecule has 1 amide bonds. The number of nitrogens with zero attached hydrogens (tertiary/aromatic N) is 2. The Morgan fingerprint density at radius 1 is 1.35 bits per heavy atom. The highest BCUT2D eigenvalue weighted by Crippen LogP contribution is 2.28. The van der Waals surface area contributed by atoms with Gasteiger partial charge >= 0.3 is 0 Å². The first kappa shape index (κ1) is 16.2. The van der Waals surface area contributed by atoms with Gasteiger partial charge in [-0.1, -0.05) is 0 Å². The van der Waals surface area contributed by atoms with Crippen molar-refractivity contribution in [2.24, 2.45) is 0 Å². The number of piperazine rings is 1. The van der Waals surface area contributed by atoms with Crippen LogP contribution in [-0.2, 0) is 21.2 Å². The summed E-state index contributed by atoms with van der Waals surface area (Å²) in [6.45, 7) is 3.15. The topological polar surface area (TPSA) is 79.0 Å². The quantitative estimate of drug-likeness (QED) is 0.813. The van der Waals surface area contributed by atoms with Gasteiger partial charge in [0.1, 0.15) is 5.75 Å². The van der Waals surface area contributed by atoms with Crippen molar-refractivity contribution in [2.75, 3.05) is 46.4 Å². The van der Waals surface area contributed by atoms with E-state index < -0.39 is 10.0 Å². The van der Waals surface area contributed by atoms with Gasteiger partial charge < -0.3 is 15.0 Å². The minimum absolute atomic E-state index is 0.143. The van der Waals surface area contributed by atoms with Crippen molar-refractivity contribution in [3.8, 4) is 5.75 Å². The van der Waals surface area contributed by atoms with E-state index in [-0.39, 0.29) is 17.3 Å². The third kappa shape index (κ3) is 3.34. The Labute approximate surface area is 136 Å². The predicted octanol–water partition coefficient (Wildman–Crippen LogP) is -0.326. The molecule has 0 spiro atoms. The summed E-state index contributed by atoms with van der Waals surface area (Å²) in [4.78, 5) is 14.1. The smallest absolute Gasteiger partial charge is 0.243 e. The molecule has 1 aromatic rings. The van der Waals surface area contributed by atoms with E-state index in [2.05, 4.69) is 5.32 Å². The zero-order valence-corrected chi connectivity index (χ0v) is 13.9. The number of carbonyl (C=O) groups excluding carboxylic acids is 1. The molecular weight excluding hydrogens is 318 g/mol. The molecule has 2 aliphatic rings. The number of carbonyl (C=O) groups is 1. The Morgan fingerprint density at radius 3 is 2.83 bits per heavy atom.